The van der Waals surface area contributed by atoms with Gasteiger partial charge in [-0.25, -0.2) is 0 Å². The van der Waals surface area contributed by atoms with E-state index in [2.05, 4.69) is 12.1 Å². The lowest BCUT2D eigenvalue weighted by Gasteiger charge is -2.25. The van der Waals surface area contributed by atoms with Crippen molar-refractivity contribution in [2.45, 2.75) is 18.9 Å². The zero-order valence-corrected chi connectivity index (χ0v) is 11.7. The molecule has 1 atom stereocenters. The molecule has 1 fully saturated rings. The number of aldehydes is 1. The summed E-state index contributed by atoms with van der Waals surface area (Å²) in [5, 5.41) is 0. The van der Waals surface area contributed by atoms with Crippen molar-refractivity contribution in [2.75, 3.05) is 6.54 Å². The number of carbonyl (C=O) groups is 2. The molecule has 1 aliphatic heterocycles. The lowest BCUT2D eigenvalue weighted by atomic mass is 10.0. The minimum Gasteiger partial charge on any atom is -0.332 e. The van der Waals surface area contributed by atoms with E-state index in [1.807, 2.05) is 23.1 Å². The van der Waals surface area contributed by atoms with Crippen molar-refractivity contribution in [3.63, 3.8) is 0 Å². The number of hydrogen-bond acceptors (Lipinski definition) is 2. The molecule has 3 heteroatoms. The summed E-state index contributed by atoms with van der Waals surface area (Å²) in [5.74, 6) is 0.00468. The van der Waals surface area contributed by atoms with Crippen LogP contribution in [-0.4, -0.2) is 23.6 Å². The fourth-order valence-corrected chi connectivity index (χ4v) is 2.94. The average molecular weight is 279 g/mol. The highest BCUT2D eigenvalue weighted by molar-refractivity contribution is 5.96. The second-order valence-corrected chi connectivity index (χ2v) is 5.31. The maximum Gasteiger partial charge on any atom is 0.254 e. The third-order valence-electron chi connectivity index (χ3n) is 3.97. The standard InChI is InChI=1S/C18H17NO2/c20-13-14-6-4-9-16(12-14)18(21)19-11-5-10-17(19)15-7-2-1-3-8-15/h1-4,6-9,12-13,17H,5,10-11H2. The molecular weight excluding hydrogens is 262 g/mol. The molecule has 0 N–H and O–H groups in total. The van der Waals surface area contributed by atoms with E-state index in [9.17, 15) is 9.59 Å². The first kappa shape index (κ1) is 13.6. The van der Waals surface area contributed by atoms with Crippen molar-refractivity contribution < 1.29 is 9.59 Å². The minimum atomic E-state index is 0.00468. The quantitative estimate of drug-likeness (QED) is 0.807. The first-order chi connectivity index (χ1) is 10.3. The molecule has 0 radical (unpaired) electrons. The van der Waals surface area contributed by atoms with Crippen LogP contribution in [0.2, 0.25) is 0 Å². The number of rotatable bonds is 3. The van der Waals surface area contributed by atoms with E-state index in [-0.39, 0.29) is 11.9 Å². The number of likely N-dealkylation sites (tertiary alicyclic amines) is 1. The highest BCUT2D eigenvalue weighted by Crippen LogP contribution is 2.32. The third-order valence-corrected chi connectivity index (χ3v) is 3.97. The Kier molecular flexibility index (Phi) is 3.82. The van der Waals surface area contributed by atoms with Crippen LogP contribution in [0.15, 0.2) is 54.6 Å². The van der Waals surface area contributed by atoms with Crippen LogP contribution in [0.5, 0.6) is 0 Å². The Labute approximate surface area is 124 Å². The Balaban J connectivity index is 1.88. The van der Waals surface area contributed by atoms with Gasteiger partial charge in [0, 0.05) is 17.7 Å². The zero-order chi connectivity index (χ0) is 14.7. The predicted molar refractivity (Wildman–Crippen MR) is 81.3 cm³/mol. The lowest BCUT2D eigenvalue weighted by Crippen LogP contribution is -2.30. The van der Waals surface area contributed by atoms with E-state index < -0.39 is 0 Å². The van der Waals surface area contributed by atoms with Crippen LogP contribution in [0.3, 0.4) is 0 Å². The van der Waals surface area contributed by atoms with E-state index in [1.165, 1.54) is 5.56 Å². The summed E-state index contributed by atoms with van der Waals surface area (Å²) >= 11 is 0. The number of carbonyl (C=O) groups excluding carboxylic acids is 2. The summed E-state index contributed by atoms with van der Waals surface area (Å²) in [6, 6.07) is 17.2. The van der Waals surface area contributed by atoms with Gasteiger partial charge in [0.15, 0.2) is 0 Å². The molecule has 106 valence electrons. The largest absolute Gasteiger partial charge is 0.332 e. The number of nitrogens with zero attached hydrogens (tertiary/aromatic N) is 1. The summed E-state index contributed by atoms with van der Waals surface area (Å²) in [5.41, 5.74) is 2.30. The highest BCUT2D eigenvalue weighted by atomic mass is 16.2. The van der Waals surface area contributed by atoms with Gasteiger partial charge in [0.1, 0.15) is 6.29 Å². The van der Waals surface area contributed by atoms with Crippen LogP contribution in [-0.2, 0) is 0 Å². The van der Waals surface area contributed by atoms with Gasteiger partial charge in [0.25, 0.3) is 5.91 Å². The summed E-state index contributed by atoms with van der Waals surface area (Å²) in [4.78, 5) is 25.5. The molecular formula is C18H17NO2. The van der Waals surface area contributed by atoms with Crippen LogP contribution >= 0.6 is 0 Å². The molecule has 1 aliphatic rings. The fraction of sp³-hybridized carbons (Fsp3) is 0.222. The maximum atomic E-state index is 12.7. The van der Waals surface area contributed by atoms with Gasteiger partial charge in [-0.3, -0.25) is 9.59 Å². The fourth-order valence-electron chi connectivity index (χ4n) is 2.94. The Morgan fingerprint density at radius 2 is 1.90 bits per heavy atom. The van der Waals surface area contributed by atoms with E-state index in [1.54, 1.807) is 24.3 Å². The molecule has 2 aromatic carbocycles. The number of amides is 1. The normalized spacial score (nSPS) is 17.7. The van der Waals surface area contributed by atoms with Gasteiger partial charge in [0.05, 0.1) is 6.04 Å². The first-order valence-electron chi connectivity index (χ1n) is 7.21. The van der Waals surface area contributed by atoms with Crippen LogP contribution in [0.25, 0.3) is 0 Å². The highest BCUT2D eigenvalue weighted by Gasteiger charge is 2.30. The topological polar surface area (TPSA) is 37.4 Å². The van der Waals surface area contributed by atoms with Crippen molar-refractivity contribution in [1.29, 1.82) is 0 Å². The molecule has 0 aromatic heterocycles. The molecule has 2 aromatic rings. The van der Waals surface area contributed by atoms with Crippen molar-refractivity contribution >= 4 is 12.2 Å². The Hall–Kier alpha value is -2.42. The molecule has 1 amide bonds. The van der Waals surface area contributed by atoms with Gasteiger partial charge in [-0.15, -0.1) is 0 Å². The summed E-state index contributed by atoms with van der Waals surface area (Å²) < 4.78 is 0. The Morgan fingerprint density at radius 1 is 1.10 bits per heavy atom. The number of benzene rings is 2. The average Bonchev–Trinajstić information content (AvgIpc) is 3.04. The molecule has 1 saturated heterocycles. The molecule has 21 heavy (non-hydrogen) atoms. The summed E-state index contributed by atoms with van der Waals surface area (Å²) in [6.45, 7) is 0.768. The van der Waals surface area contributed by atoms with E-state index >= 15 is 0 Å². The van der Waals surface area contributed by atoms with Crippen molar-refractivity contribution in [3.8, 4) is 0 Å². The first-order valence-corrected chi connectivity index (χ1v) is 7.21. The molecule has 1 heterocycles. The van der Waals surface area contributed by atoms with Gasteiger partial charge in [-0.1, -0.05) is 42.5 Å². The van der Waals surface area contributed by atoms with Crippen LogP contribution in [0.1, 0.15) is 45.2 Å². The maximum absolute atomic E-state index is 12.7. The van der Waals surface area contributed by atoms with Crippen LogP contribution in [0, 0.1) is 0 Å². The van der Waals surface area contributed by atoms with E-state index in [4.69, 9.17) is 0 Å². The van der Waals surface area contributed by atoms with Crippen LogP contribution < -0.4 is 0 Å². The summed E-state index contributed by atoms with van der Waals surface area (Å²) in [7, 11) is 0. The second-order valence-electron chi connectivity index (χ2n) is 5.31. The van der Waals surface area contributed by atoms with Gasteiger partial charge >= 0.3 is 0 Å². The second kappa shape index (κ2) is 5.92. The van der Waals surface area contributed by atoms with Gasteiger partial charge in [-0.2, -0.15) is 0 Å². The predicted octanol–water partition coefficient (Wildman–Crippen LogP) is 3.48. The van der Waals surface area contributed by atoms with Crippen molar-refractivity contribution in [3.05, 3.63) is 71.3 Å². The molecule has 3 rings (SSSR count). The van der Waals surface area contributed by atoms with Crippen molar-refractivity contribution in [2.24, 2.45) is 0 Å². The summed E-state index contributed by atoms with van der Waals surface area (Å²) in [6.07, 6.45) is 2.78. The SMILES string of the molecule is O=Cc1cccc(C(=O)N2CCCC2c2ccccc2)c1. The third kappa shape index (κ3) is 2.72. The molecule has 0 aliphatic carbocycles. The zero-order valence-electron chi connectivity index (χ0n) is 11.7. The molecule has 3 nitrogen and oxygen atoms in total. The van der Waals surface area contributed by atoms with E-state index in [0.29, 0.717) is 11.1 Å². The molecule has 1 unspecified atom stereocenters. The minimum absolute atomic E-state index is 0.00468. The smallest absolute Gasteiger partial charge is 0.254 e. The van der Waals surface area contributed by atoms with E-state index in [0.717, 1.165) is 25.7 Å². The van der Waals surface area contributed by atoms with Crippen molar-refractivity contribution in [1.82, 2.24) is 4.90 Å². The van der Waals surface area contributed by atoms with Gasteiger partial charge in [-0.05, 0) is 30.5 Å². The molecule has 0 saturated carbocycles. The van der Waals surface area contributed by atoms with Crippen LogP contribution in [0.4, 0.5) is 0 Å². The van der Waals surface area contributed by atoms with Gasteiger partial charge in [0.2, 0.25) is 0 Å². The monoisotopic (exact) mass is 279 g/mol. The van der Waals surface area contributed by atoms with Gasteiger partial charge < -0.3 is 4.90 Å². The lowest BCUT2D eigenvalue weighted by molar-refractivity contribution is 0.0735. The Bertz CT molecular complexity index is 651. The Morgan fingerprint density at radius 3 is 2.67 bits per heavy atom. The number of hydrogen-bond donors (Lipinski definition) is 0. The molecule has 0 spiro atoms. The molecule has 0 bridgehead atoms.